The molecular formula is C13H18ClNO3. The van der Waals surface area contributed by atoms with E-state index in [0.29, 0.717) is 24.5 Å². The number of amides is 1. The lowest BCUT2D eigenvalue weighted by atomic mass is 10.1. The van der Waals surface area contributed by atoms with E-state index in [2.05, 4.69) is 5.32 Å². The predicted molar refractivity (Wildman–Crippen MR) is 70.7 cm³/mol. The number of aliphatic hydroxyl groups is 1. The first-order valence-electron chi connectivity index (χ1n) is 5.80. The number of ether oxygens (including phenoxy) is 1. The number of aliphatic hydroxyl groups excluding tert-OH is 1. The van der Waals surface area contributed by atoms with Crippen LogP contribution in [-0.4, -0.2) is 37.4 Å². The minimum atomic E-state index is -0.353. The lowest BCUT2D eigenvalue weighted by Gasteiger charge is -2.15. The van der Waals surface area contributed by atoms with E-state index in [1.807, 2.05) is 18.2 Å². The molecule has 0 aromatic heterocycles. The molecule has 18 heavy (non-hydrogen) atoms. The van der Waals surface area contributed by atoms with E-state index >= 15 is 0 Å². The second-order valence-corrected chi connectivity index (χ2v) is 4.40. The number of hydrogen-bond acceptors (Lipinski definition) is 3. The molecule has 1 atom stereocenters. The van der Waals surface area contributed by atoms with Gasteiger partial charge in [-0.3, -0.25) is 4.79 Å². The summed E-state index contributed by atoms with van der Waals surface area (Å²) in [7, 11) is 1.53. The zero-order valence-corrected chi connectivity index (χ0v) is 11.1. The fraction of sp³-hybridized carbons (Fsp3) is 0.462. The first-order valence-corrected chi connectivity index (χ1v) is 6.17. The van der Waals surface area contributed by atoms with Crippen molar-refractivity contribution >= 4 is 17.5 Å². The van der Waals surface area contributed by atoms with Crippen molar-refractivity contribution in [2.45, 2.75) is 18.9 Å². The Labute approximate surface area is 112 Å². The van der Waals surface area contributed by atoms with Crippen molar-refractivity contribution in [1.29, 1.82) is 0 Å². The molecule has 100 valence electrons. The third kappa shape index (κ3) is 5.04. The van der Waals surface area contributed by atoms with Gasteiger partial charge in [0.1, 0.15) is 0 Å². The van der Waals surface area contributed by atoms with Gasteiger partial charge < -0.3 is 15.2 Å². The predicted octanol–water partition coefficient (Wildman–Crippen LogP) is 1.40. The lowest BCUT2D eigenvalue weighted by molar-refractivity contribution is -0.122. The van der Waals surface area contributed by atoms with Crippen molar-refractivity contribution < 1.29 is 14.6 Å². The Morgan fingerprint density at radius 1 is 1.50 bits per heavy atom. The fourth-order valence-electron chi connectivity index (χ4n) is 1.59. The van der Waals surface area contributed by atoms with Crippen LogP contribution in [-0.2, 0) is 16.0 Å². The topological polar surface area (TPSA) is 58.6 Å². The van der Waals surface area contributed by atoms with E-state index in [9.17, 15) is 4.79 Å². The molecule has 5 heteroatoms. The van der Waals surface area contributed by atoms with Crippen LogP contribution in [0.15, 0.2) is 24.3 Å². The van der Waals surface area contributed by atoms with Crippen LogP contribution < -0.4 is 5.32 Å². The zero-order valence-electron chi connectivity index (χ0n) is 10.4. The molecular weight excluding hydrogens is 254 g/mol. The molecule has 0 radical (unpaired) electrons. The molecule has 1 amide bonds. The second kappa shape index (κ2) is 8.08. The highest BCUT2D eigenvalue weighted by Crippen LogP contribution is 2.16. The molecule has 0 saturated heterocycles. The molecule has 0 saturated carbocycles. The molecule has 1 aromatic carbocycles. The zero-order chi connectivity index (χ0) is 13.4. The normalized spacial score (nSPS) is 12.2. The van der Waals surface area contributed by atoms with Gasteiger partial charge in [0, 0.05) is 18.6 Å². The highest BCUT2D eigenvalue weighted by molar-refractivity contribution is 6.31. The summed E-state index contributed by atoms with van der Waals surface area (Å²) in [5.74, 6) is -0.119. The number of hydrogen-bond donors (Lipinski definition) is 2. The SMILES string of the molecule is COCC(CO)NC(=O)CCc1ccccc1Cl. The van der Waals surface area contributed by atoms with Gasteiger partial charge in [-0.2, -0.15) is 0 Å². The molecule has 0 aliphatic carbocycles. The molecule has 1 rings (SSSR count). The van der Waals surface area contributed by atoms with E-state index in [-0.39, 0.29) is 18.6 Å². The Morgan fingerprint density at radius 3 is 2.83 bits per heavy atom. The molecule has 0 heterocycles. The summed E-state index contributed by atoms with van der Waals surface area (Å²) >= 11 is 6.00. The highest BCUT2D eigenvalue weighted by Gasteiger charge is 2.11. The lowest BCUT2D eigenvalue weighted by Crippen LogP contribution is -2.40. The second-order valence-electron chi connectivity index (χ2n) is 3.99. The van der Waals surface area contributed by atoms with Crippen LogP contribution >= 0.6 is 11.6 Å². The third-order valence-corrected chi connectivity index (χ3v) is 2.90. The molecule has 0 spiro atoms. The molecule has 0 aliphatic heterocycles. The van der Waals surface area contributed by atoms with Crippen molar-refractivity contribution in [3.63, 3.8) is 0 Å². The summed E-state index contributed by atoms with van der Waals surface area (Å²) in [5, 5.41) is 12.4. The van der Waals surface area contributed by atoms with Gasteiger partial charge in [-0.1, -0.05) is 29.8 Å². The number of halogens is 1. The van der Waals surface area contributed by atoms with Gasteiger partial charge >= 0.3 is 0 Å². The Balaban J connectivity index is 2.39. The first kappa shape index (κ1) is 15.0. The highest BCUT2D eigenvalue weighted by atomic mass is 35.5. The minimum Gasteiger partial charge on any atom is -0.394 e. The van der Waals surface area contributed by atoms with E-state index in [0.717, 1.165) is 5.56 Å². The van der Waals surface area contributed by atoms with Gasteiger partial charge in [0.25, 0.3) is 0 Å². The molecule has 2 N–H and O–H groups in total. The first-order chi connectivity index (χ1) is 8.67. The average Bonchev–Trinajstić information content (AvgIpc) is 2.37. The molecule has 1 aromatic rings. The van der Waals surface area contributed by atoms with Gasteiger partial charge in [-0.25, -0.2) is 0 Å². The smallest absolute Gasteiger partial charge is 0.220 e. The standard InChI is InChI=1S/C13H18ClNO3/c1-18-9-11(8-16)15-13(17)7-6-10-4-2-3-5-12(10)14/h2-5,11,16H,6-9H2,1H3,(H,15,17). The summed E-state index contributed by atoms with van der Waals surface area (Å²) in [4.78, 5) is 11.7. The van der Waals surface area contributed by atoms with Crippen LogP contribution in [0.25, 0.3) is 0 Å². The number of methoxy groups -OCH3 is 1. The molecule has 0 aliphatic rings. The van der Waals surface area contributed by atoms with E-state index < -0.39 is 0 Å². The van der Waals surface area contributed by atoms with Crippen molar-refractivity contribution in [2.24, 2.45) is 0 Å². The number of carbonyl (C=O) groups excluding carboxylic acids is 1. The van der Waals surface area contributed by atoms with Gasteiger partial charge in [-0.05, 0) is 18.1 Å². The number of carbonyl (C=O) groups is 1. The van der Waals surface area contributed by atoms with Gasteiger partial charge in [0.05, 0.1) is 19.3 Å². The van der Waals surface area contributed by atoms with E-state index in [1.54, 1.807) is 6.07 Å². The maximum Gasteiger partial charge on any atom is 0.220 e. The van der Waals surface area contributed by atoms with Crippen molar-refractivity contribution in [2.75, 3.05) is 20.3 Å². The number of aryl methyl sites for hydroxylation is 1. The van der Waals surface area contributed by atoms with Gasteiger partial charge in [0.2, 0.25) is 5.91 Å². The summed E-state index contributed by atoms with van der Waals surface area (Å²) in [6.45, 7) is 0.167. The number of nitrogens with one attached hydrogen (secondary N) is 1. The summed E-state index contributed by atoms with van der Waals surface area (Å²) in [6, 6.07) is 7.09. The van der Waals surface area contributed by atoms with Crippen LogP contribution in [0.3, 0.4) is 0 Å². The molecule has 0 fully saturated rings. The Morgan fingerprint density at radius 2 is 2.22 bits per heavy atom. The van der Waals surface area contributed by atoms with Crippen molar-refractivity contribution in [3.05, 3.63) is 34.9 Å². The van der Waals surface area contributed by atoms with E-state index in [1.165, 1.54) is 7.11 Å². The van der Waals surface area contributed by atoms with Crippen LogP contribution in [0, 0.1) is 0 Å². The van der Waals surface area contributed by atoms with Crippen LogP contribution in [0.1, 0.15) is 12.0 Å². The van der Waals surface area contributed by atoms with Crippen LogP contribution in [0.5, 0.6) is 0 Å². The molecule has 0 bridgehead atoms. The summed E-state index contributed by atoms with van der Waals surface area (Å²) < 4.78 is 4.88. The Bertz CT molecular complexity index is 384. The van der Waals surface area contributed by atoms with E-state index in [4.69, 9.17) is 21.4 Å². The maximum atomic E-state index is 11.7. The fourth-order valence-corrected chi connectivity index (χ4v) is 1.82. The number of rotatable bonds is 7. The van der Waals surface area contributed by atoms with Crippen LogP contribution in [0.2, 0.25) is 5.02 Å². The molecule has 1 unspecified atom stereocenters. The summed E-state index contributed by atoms with van der Waals surface area (Å²) in [5.41, 5.74) is 0.946. The third-order valence-electron chi connectivity index (χ3n) is 2.53. The van der Waals surface area contributed by atoms with Crippen LogP contribution in [0.4, 0.5) is 0 Å². The minimum absolute atomic E-state index is 0.119. The van der Waals surface area contributed by atoms with Gasteiger partial charge in [-0.15, -0.1) is 0 Å². The van der Waals surface area contributed by atoms with Gasteiger partial charge in [0.15, 0.2) is 0 Å². The molecule has 4 nitrogen and oxygen atoms in total. The monoisotopic (exact) mass is 271 g/mol. The van der Waals surface area contributed by atoms with Crippen molar-refractivity contribution in [1.82, 2.24) is 5.32 Å². The number of benzene rings is 1. The Hall–Kier alpha value is -1.10. The average molecular weight is 272 g/mol. The largest absolute Gasteiger partial charge is 0.394 e. The Kier molecular flexibility index (Phi) is 6.72. The maximum absolute atomic E-state index is 11.7. The quantitative estimate of drug-likeness (QED) is 0.788. The summed E-state index contributed by atoms with van der Waals surface area (Å²) in [6.07, 6.45) is 0.917. The van der Waals surface area contributed by atoms with Crippen molar-refractivity contribution in [3.8, 4) is 0 Å².